The van der Waals surface area contributed by atoms with Crippen LogP contribution in [0.15, 0.2) is 48.0 Å². The van der Waals surface area contributed by atoms with Crippen LogP contribution in [0.5, 0.6) is 11.5 Å². The Morgan fingerprint density at radius 3 is 2.10 bits per heavy atom. The maximum atomic E-state index is 13.4. The Morgan fingerprint density at radius 1 is 0.897 bits per heavy atom. The zero-order valence-electron chi connectivity index (χ0n) is 21.3. The smallest absolute Gasteiger partial charge is 0.336 e. The maximum absolute atomic E-state index is 13.4. The second-order valence-corrected chi connectivity index (χ2v) is 8.54. The van der Waals surface area contributed by atoms with E-state index in [0.717, 1.165) is 11.0 Å². The summed E-state index contributed by atoms with van der Waals surface area (Å²) in [5.41, 5.74) is 1.07. The molecule has 0 atom stereocenters. The third kappa shape index (κ3) is 4.82. The number of urea groups is 1. The third-order valence-corrected chi connectivity index (χ3v) is 6.17. The molecule has 3 N–H and O–H groups in total. The first-order valence-electron chi connectivity index (χ1n) is 11.4. The van der Waals surface area contributed by atoms with Gasteiger partial charge in [0, 0.05) is 23.1 Å². The lowest BCUT2D eigenvalue weighted by Crippen LogP contribution is -2.54. The maximum Gasteiger partial charge on any atom is 0.336 e. The molecule has 3 aromatic rings. The molecule has 0 aliphatic carbocycles. The molecule has 1 aromatic heterocycles. The lowest BCUT2D eigenvalue weighted by Gasteiger charge is -2.27. The number of nitrogens with zero attached hydrogens (tertiary/aromatic N) is 2. The van der Waals surface area contributed by atoms with Crippen molar-refractivity contribution in [2.24, 2.45) is 0 Å². The van der Waals surface area contributed by atoms with Crippen LogP contribution in [0.25, 0.3) is 11.8 Å². The lowest BCUT2D eigenvalue weighted by atomic mass is 10.1. The highest BCUT2D eigenvalue weighted by Gasteiger charge is 2.38. The topological polar surface area (TPSA) is 164 Å². The molecule has 4 rings (SSSR count). The molecule has 39 heavy (non-hydrogen) atoms. The van der Waals surface area contributed by atoms with Gasteiger partial charge in [0.25, 0.3) is 11.8 Å². The van der Waals surface area contributed by atoms with E-state index in [1.165, 1.54) is 50.6 Å². The van der Waals surface area contributed by atoms with E-state index in [-0.39, 0.29) is 33.8 Å². The van der Waals surface area contributed by atoms with E-state index in [4.69, 9.17) is 9.47 Å². The number of carboxylic acids is 2. The third-order valence-electron chi connectivity index (χ3n) is 6.17. The number of aromatic carboxylic acids is 2. The number of nitrogens with one attached hydrogen (secondary N) is 1. The molecule has 2 aromatic carbocycles. The van der Waals surface area contributed by atoms with Gasteiger partial charge in [0.2, 0.25) is 0 Å². The molecule has 1 saturated heterocycles. The number of carboxylic acid groups (broad SMARTS) is 2. The van der Waals surface area contributed by atoms with Crippen LogP contribution >= 0.6 is 0 Å². The van der Waals surface area contributed by atoms with Crippen molar-refractivity contribution in [3.05, 3.63) is 76.1 Å². The summed E-state index contributed by atoms with van der Waals surface area (Å²) in [6.45, 7) is 3.36. The van der Waals surface area contributed by atoms with Gasteiger partial charge in [-0.2, -0.15) is 0 Å². The van der Waals surface area contributed by atoms with Crippen LogP contribution in [0.2, 0.25) is 0 Å². The first kappa shape index (κ1) is 26.7. The van der Waals surface area contributed by atoms with Gasteiger partial charge in [0.15, 0.2) is 0 Å². The number of carbonyl (C=O) groups is 5. The fourth-order valence-electron chi connectivity index (χ4n) is 4.32. The van der Waals surface area contributed by atoms with Crippen LogP contribution in [0.4, 0.5) is 10.5 Å². The molecule has 0 spiro atoms. The van der Waals surface area contributed by atoms with Gasteiger partial charge in [0.1, 0.15) is 17.1 Å². The number of carbonyl (C=O) groups excluding carboxylic acids is 3. The summed E-state index contributed by atoms with van der Waals surface area (Å²) in [5.74, 6) is -3.80. The Bertz CT molecular complexity index is 1570. The van der Waals surface area contributed by atoms with E-state index in [9.17, 15) is 34.2 Å². The van der Waals surface area contributed by atoms with Crippen LogP contribution in [-0.2, 0) is 9.59 Å². The fourth-order valence-corrected chi connectivity index (χ4v) is 4.32. The van der Waals surface area contributed by atoms with E-state index in [1.54, 1.807) is 24.5 Å². The van der Waals surface area contributed by atoms with Gasteiger partial charge in [-0.1, -0.05) is 0 Å². The normalized spacial score (nSPS) is 14.4. The quantitative estimate of drug-likeness (QED) is 0.306. The van der Waals surface area contributed by atoms with Crippen LogP contribution in [0.3, 0.4) is 0 Å². The van der Waals surface area contributed by atoms with E-state index in [1.807, 2.05) is 0 Å². The molecule has 0 unspecified atom stereocenters. The molecule has 0 radical (unpaired) electrons. The second kappa shape index (κ2) is 10.2. The van der Waals surface area contributed by atoms with Crippen LogP contribution in [0.1, 0.15) is 37.7 Å². The number of anilines is 1. The molecule has 1 aliphatic heterocycles. The van der Waals surface area contributed by atoms with Crippen molar-refractivity contribution in [3.8, 4) is 17.2 Å². The highest BCUT2D eigenvalue weighted by Crippen LogP contribution is 2.34. The molecule has 200 valence electrons. The molecule has 1 fully saturated rings. The van der Waals surface area contributed by atoms with Gasteiger partial charge < -0.3 is 24.3 Å². The summed E-state index contributed by atoms with van der Waals surface area (Å²) in [7, 11) is 2.81. The summed E-state index contributed by atoms with van der Waals surface area (Å²) in [5, 5.41) is 21.0. The zero-order valence-corrected chi connectivity index (χ0v) is 21.3. The predicted octanol–water partition coefficient (Wildman–Crippen LogP) is 3.17. The van der Waals surface area contributed by atoms with Crippen molar-refractivity contribution in [1.29, 1.82) is 0 Å². The van der Waals surface area contributed by atoms with Gasteiger partial charge in [-0.05, 0) is 61.9 Å². The number of ether oxygens (including phenoxy) is 2. The summed E-state index contributed by atoms with van der Waals surface area (Å²) < 4.78 is 12.1. The molecule has 2 heterocycles. The number of aryl methyl sites for hydroxylation is 1. The number of imide groups is 2. The fraction of sp³-hybridized carbons (Fsp3) is 0.148. The average Bonchev–Trinajstić information content (AvgIpc) is 3.18. The lowest BCUT2D eigenvalue weighted by molar-refractivity contribution is -0.122. The molecular formula is C27H23N3O9. The molecule has 4 amide bonds. The molecule has 1 aliphatic rings. The van der Waals surface area contributed by atoms with Crippen molar-refractivity contribution < 1.29 is 43.7 Å². The Labute approximate surface area is 221 Å². The largest absolute Gasteiger partial charge is 0.497 e. The summed E-state index contributed by atoms with van der Waals surface area (Å²) in [4.78, 5) is 62.8. The first-order valence-corrected chi connectivity index (χ1v) is 11.4. The molecule has 0 bridgehead atoms. The Kier molecular flexibility index (Phi) is 6.95. The van der Waals surface area contributed by atoms with Crippen LogP contribution in [0, 0.1) is 13.8 Å². The SMILES string of the molecule is COc1ccc(N2C(=O)NC(=O)/C(=C\c3cc(C)n(-c4cc(C(=O)O)cc(C(=O)O)c4)c3C)C2=O)c(OC)c1. The number of hydrogen-bond acceptors (Lipinski definition) is 7. The van der Waals surface area contributed by atoms with Crippen molar-refractivity contribution in [2.45, 2.75) is 13.8 Å². The van der Waals surface area contributed by atoms with Crippen LogP contribution in [-0.4, -0.2) is 58.8 Å². The summed E-state index contributed by atoms with van der Waals surface area (Å²) >= 11 is 0. The van der Waals surface area contributed by atoms with Gasteiger partial charge in [-0.25, -0.2) is 19.3 Å². The molecule has 12 nitrogen and oxygen atoms in total. The van der Waals surface area contributed by atoms with E-state index >= 15 is 0 Å². The average molecular weight is 533 g/mol. The van der Waals surface area contributed by atoms with Gasteiger partial charge >= 0.3 is 18.0 Å². The van der Waals surface area contributed by atoms with Crippen LogP contribution < -0.4 is 19.7 Å². The number of aromatic nitrogens is 1. The van der Waals surface area contributed by atoms with E-state index in [0.29, 0.717) is 22.7 Å². The number of benzene rings is 2. The monoisotopic (exact) mass is 533 g/mol. The zero-order chi connectivity index (χ0) is 28.6. The minimum Gasteiger partial charge on any atom is -0.497 e. The summed E-state index contributed by atoms with van der Waals surface area (Å²) in [6.07, 6.45) is 1.31. The second-order valence-electron chi connectivity index (χ2n) is 8.54. The summed E-state index contributed by atoms with van der Waals surface area (Å²) in [6, 6.07) is 8.84. The number of amides is 4. The number of methoxy groups -OCH3 is 2. The highest BCUT2D eigenvalue weighted by atomic mass is 16.5. The molecule has 0 saturated carbocycles. The minimum atomic E-state index is -1.30. The highest BCUT2D eigenvalue weighted by molar-refractivity contribution is 6.39. The molecule has 12 heteroatoms. The molecular weight excluding hydrogens is 510 g/mol. The number of hydrogen-bond donors (Lipinski definition) is 3. The Balaban J connectivity index is 1.81. The van der Waals surface area contributed by atoms with Crippen molar-refractivity contribution in [2.75, 3.05) is 19.1 Å². The van der Waals surface area contributed by atoms with Gasteiger partial charge in [0.05, 0.1) is 31.0 Å². The van der Waals surface area contributed by atoms with Gasteiger partial charge in [-0.15, -0.1) is 0 Å². The number of barbiturate groups is 1. The number of rotatable bonds is 7. The first-order chi connectivity index (χ1) is 18.5. The Hall–Kier alpha value is -5.39. The van der Waals surface area contributed by atoms with Crippen molar-refractivity contribution >= 4 is 41.5 Å². The standard InChI is InChI=1S/C27H23N3O9/c1-13-7-15(14(2)29(13)18-9-16(25(33)34)8-17(10-18)26(35)36)11-20-23(31)28-27(37)30(24(20)32)21-6-5-19(38-3)12-22(21)39-4/h5-12H,1-4H3,(H,33,34)(H,35,36)(H,28,31,37)/b20-11+. The van der Waals surface area contributed by atoms with Crippen molar-refractivity contribution in [3.63, 3.8) is 0 Å². The van der Waals surface area contributed by atoms with Crippen molar-refractivity contribution in [1.82, 2.24) is 9.88 Å². The van der Waals surface area contributed by atoms with Gasteiger partial charge in [-0.3, -0.25) is 14.9 Å². The van der Waals surface area contributed by atoms with E-state index < -0.39 is 29.8 Å². The Morgan fingerprint density at radius 2 is 1.54 bits per heavy atom. The predicted molar refractivity (Wildman–Crippen MR) is 138 cm³/mol. The van der Waals surface area contributed by atoms with E-state index in [2.05, 4.69) is 5.32 Å². The minimum absolute atomic E-state index is 0.0939.